The van der Waals surface area contributed by atoms with Crippen LogP contribution >= 0.6 is 11.3 Å². The van der Waals surface area contributed by atoms with E-state index in [0.29, 0.717) is 0 Å². The van der Waals surface area contributed by atoms with Crippen LogP contribution in [0.1, 0.15) is 0 Å². The summed E-state index contributed by atoms with van der Waals surface area (Å²) in [4.78, 5) is 2.44. The Balaban J connectivity index is 0.990. The van der Waals surface area contributed by atoms with Crippen LogP contribution in [0, 0.1) is 0 Å². The molecule has 12 rings (SSSR count). The lowest BCUT2D eigenvalue weighted by Crippen LogP contribution is -2.11. The lowest BCUT2D eigenvalue weighted by Gasteiger charge is -2.27. The van der Waals surface area contributed by atoms with Crippen molar-refractivity contribution in [2.24, 2.45) is 0 Å². The van der Waals surface area contributed by atoms with Gasteiger partial charge in [-0.25, -0.2) is 0 Å². The summed E-state index contributed by atoms with van der Waals surface area (Å²) in [7, 11) is 0. The maximum Gasteiger partial charge on any atom is 0.0554 e. The Hall–Kier alpha value is -7.40. The molecule has 12 aromatic rings. The van der Waals surface area contributed by atoms with Crippen LogP contribution in [0.25, 0.3) is 86.3 Å². The molecule has 0 saturated heterocycles. The molecule has 0 aliphatic carbocycles. The summed E-state index contributed by atoms with van der Waals surface area (Å²) < 4.78 is 7.35. The fourth-order valence-corrected chi connectivity index (χ4v) is 10.3. The highest BCUT2D eigenvalue weighted by atomic mass is 32.1. The predicted octanol–water partition coefficient (Wildman–Crippen LogP) is 15.4. The lowest BCUT2D eigenvalue weighted by molar-refractivity contribution is 1.17. The van der Waals surface area contributed by atoms with Crippen molar-refractivity contribution >= 4 is 92.2 Å². The highest BCUT2D eigenvalue weighted by Crippen LogP contribution is 2.46. The lowest BCUT2D eigenvalue weighted by atomic mass is 10.0. The van der Waals surface area contributed by atoms with Crippen LogP contribution in [0.4, 0.5) is 17.1 Å². The van der Waals surface area contributed by atoms with E-state index in [4.69, 9.17) is 0 Å². The zero-order chi connectivity index (χ0) is 38.2. The second kappa shape index (κ2) is 13.1. The van der Waals surface area contributed by atoms with Gasteiger partial charge in [0.25, 0.3) is 0 Å². The quantitative estimate of drug-likeness (QED) is 0.165. The molecule has 0 radical (unpaired) electrons. The molecule has 0 spiro atoms. The Labute approximate surface area is 339 Å². The van der Waals surface area contributed by atoms with Gasteiger partial charge in [-0.2, -0.15) is 0 Å². The monoisotopic (exact) mass is 757 g/mol. The molecule has 3 heterocycles. The van der Waals surface area contributed by atoms with Crippen LogP contribution in [0.5, 0.6) is 0 Å². The Kier molecular flexibility index (Phi) is 7.40. The van der Waals surface area contributed by atoms with Gasteiger partial charge in [-0.1, -0.05) is 127 Å². The van der Waals surface area contributed by atoms with Crippen LogP contribution in [0.2, 0.25) is 0 Å². The standard InChI is InChI=1S/C54H35N3S/c1-6-20-47-42(15-1)43-16-2-7-21-48(43)56(47)39-33-29-37(30-34-39)36-27-31-38(32-28-36)55(51-24-12-26-53-54(51)46-19-5-10-25-52(46)58-53)40-13-11-14-41(35-40)57-49-22-8-3-17-44(49)45-18-4-9-23-50(45)57/h1-35H. The first-order chi connectivity index (χ1) is 28.8. The molecule has 3 aromatic heterocycles. The summed E-state index contributed by atoms with van der Waals surface area (Å²) >= 11 is 1.86. The Morgan fingerprint density at radius 1 is 0.328 bits per heavy atom. The molecule has 0 bridgehead atoms. The third-order valence-corrected chi connectivity index (χ3v) is 12.8. The molecule has 0 N–H and O–H groups in total. The van der Waals surface area contributed by atoms with Gasteiger partial charge in [0.2, 0.25) is 0 Å². The third kappa shape index (κ3) is 5.05. The summed E-state index contributed by atoms with van der Waals surface area (Å²) in [6.07, 6.45) is 0. The number of aromatic nitrogens is 2. The van der Waals surface area contributed by atoms with Gasteiger partial charge in [0, 0.05) is 64.5 Å². The predicted molar refractivity (Wildman–Crippen MR) is 248 cm³/mol. The van der Waals surface area contributed by atoms with E-state index < -0.39 is 0 Å². The molecule has 3 nitrogen and oxygen atoms in total. The first-order valence-corrected chi connectivity index (χ1v) is 20.6. The van der Waals surface area contributed by atoms with Crippen LogP contribution in [0.3, 0.4) is 0 Å². The normalized spacial score (nSPS) is 11.8. The minimum absolute atomic E-state index is 1.10. The van der Waals surface area contributed by atoms with E-state index in [-0.39, 0.29) is 0 Å². The molecule has 0 amide bonds. The number of anilines is 3. The van der Waals surface area contributed by atoms with E-state index in [1.807, 2.05) is 11.3 Å². The van der Waals surface area contributed by atoms with Gasteiger partial charge in [0.1, 0.15) is 0 Å². The summed E-state index contributed by atoms with van der Waals surface area (Å²) in [5, 5.41) is 7.61. The van der Waals surface area contributed by atoms with Crippen LogP contribution < -0.4 is 4.90 Å². The van der Waals surface area contributed by atoms with Gasteiger partial charge < -0.3 is 14.0 Å². The Morgan fingerprint density at radius 3 is 1.38 bits per heavy atom. The molecule has 0 aliphatic heterocycles. The molecule has 0 fully saturated rings. The summed E-state index contributed by atoms with van der Waals surface area (Å²) in [5.74, 6) is 0. The smallest absolute Gasteiger partial charge is 0.0554 e. The van der Waals surface area contributed by atoms with E-state index >= 15 is 0 Å². The number of fused-ring (bicyclic) bond motifs is 9. The fraction of sp³-hybridized carbons (Fsp3) is 0. The summed E-state index contributed by atoms with van der Waals surface area (Å²) in [6, 6.07) is 77.4. The summed E-state index contributed by atoms with van der Waals surface area (Å²) in [5.41, 5.74) is 12.9. The first kappa shape index (κ1) is 32.8. The second-order valence-electron chi connectivity index (χ2n) is 14.9. The number of hydrogen-bond donors (Lipinski definition) is 0. The van der Waals surface area contributed by atoms with Crippen molar-refractivity contribution < 1.29 is 0 Å². The average molecular weight is 758 g/mol. The molecular weight excluding hydrogens is 723 g/mol. The SMILES string of the molecule is c1cc(N(c2ccc(-c3ccc(-n4c5ccccc5c5ccccc54)cc3)cc2)c2cccc3sc4ccccc4c23)cc(-n2c3ccccc3c3ccccc32)c1. The van der Waals surface area contributed by atoms with Gasteiger partial charge in [0.15, 0.2) is 0 Å². The molecular formula is C54H35N3S. The van der Waals surface area contributed by atoms with Crippen molar-refractivity contribution in [1.82, 2.24) is 9.13 Å². The average Bonchev–Trinajstić information content (AvgIpc) is 3.95. The van der Waals surface area contributed by atoms with Gasteiger partial charge in [-0.3, -0.25) is 0 Å². The van der Waals surface area contributed by atoms with Crippen molar-refractivity contribution in [3.8, 4) is 22.5 Å². The molecule has 0 unspecified atom stereocenters. The molecule has 4 heteroatoms. The first-order valence-electron chi connectivity index (χ1n) is 19.8. The minimum atomic E-state index is 1.10. The highest BCUT2D eigenvalue weighted by molar-refractivity contribution is 7.26. The number of thiophene rings is 1. The van der Waals surface area contributed by atoms with Crippen LogP contribution in [-0.2, 0) is 0 Å². The number of benzene rings is 9. The van der Waals surface area contributed by atoms with Gasteiger partial charge in [-0.15, -0.1) is 11.3 Å². The highest BCUT2D eigenvalue weighted by Gasteiger charge is 2.20. The number of rotatable bonds is 6. The minimum Gasteiger partial charge on any atom is -0.310 e. The van der Waals surface area contributed by atoms with Crippen molar-refractivity contribution in [2.45, 2.75) is 0 Å². The molecule has 0 atom stereocenters. The van der Waals surface area contributed by atoms with Crippen molar-refractivity contribution in [3.63, 3.8) is 0 Å². The second-order valence-corrected chi connectivity index (χ2v) is 16.0. The number of para-hydroxylation sites is 4. The summed E-state index contributed by atoms with van der Waals surface area (Å²) in [6.45, 7) is 0. The Morgan fingerprint density at radius 2 is 0.793 bits per heavy atom. The number of hydrogen-bond acceptors (Lipinski definition) is 2. The third-order valence-electron chi connectivity index (χ3n) is 11.7. The maximum atomic E-state index is 2.44. The maximum absolute atomic E-state index is 2.44. The van der Waals surface area contributed by atoms with Crippen molar-refractivity contribution in [2.75, 3.05) is 4.90 Å². The van der Waals surface area contributed by atoms with E-state index in [9.17, 15) is 0 Å². The molecule has 58 heavy (non-hydrogen) atoms. The zero-order valence-corrected chi connectivity index (χ0v) is 32.3. The van der Waals surface area contributed by atoms with Crippen LogP contribution in [-0.4, -0.2) is 9.13 Å². The topological polar surface area (TPSA) is 13.1 Å². The van der Waals surface area contributed by atoms with E-state index in [2.05, 4.69) is 226 Å². The molecule has 272 valence electrons. The van der Waals surface area contributed by atoms with E-state index in [1.165, 1.54) is 74.9 Å². The van der Waals surface area contributed by atoms with Gasteiger partial charge >= 0.3 is 0 Å². The Bertz CT molecular complexity index is 3410. The fourth-order valence-electron chi connectivity index (χ4n) is 9.15. The van der Waals surface area contributed by atoms with Gasteiger partial charge in [-0.05, 0) is 96.1 Å². The molecule has 0 aliphatic rings. The van der Waals surface area contributed by atoms with Crippen molar-refractivity contribution in [3.05, 3.63) is 212 Å². The zero-order valence-electron chi connectivity index (χ0n) is 31.5. The molecule has 9 aromatic carbocycles. The van der Waals surface area contributed by atoms with Crippen LogP contribution in [0.15, 0.2) is 212 Å². The van der Waals surface area contributed by atoms with Crippen molar-refractivity contribution in [1.29, 1.82) is 0 Å². The largest absolute Gasteiger partial charge is 0.310 e. The van der Waals surface area contributed by atoms with Gasteiger partial charge in [0.05, 0.1) is 27.8 Å². The molecule has 0 saturated carbocycles. The van der Waals surface area contributed by atoms with E-state index in [1.54, 1.807) is 0 Å². The number of nitrogens with zero attached hydrogens (tertiary/aromatic N) is 3. The van der Waals surface area contributed by atoms with E-state index in [0.717, 1.165) is 28.4 Å².